The van der Waals surface area contributed by atoms with E-state index in [1.54, 1.807) is 16.8 Å². The Labute approximate surface area is 143 Å². The van der Waals surface area contributed by atoms with Gasteiger partial charge in [0.05, 0.1) is 19.3 Å². The number of hydrogen-bond donors (Lipinski definition) is 0. The molecule has 4 heterocycles. The standard InChI is InChI=1S/C16H19F2N5O2/c17-16(18)3-7-21(8-4-16)15(24)12-11-22(9-10-25-12)13-2-6-23-14(20-13)1-5-19-23/h1-2,5-6,12H,3-4,7-11H2. The maximum Gasteiger partial charge on any atom is 0.253 e. The number of morpholine rings is 1. The number of nitrogens with zero attached hydrogens (tertiary/aromatic N) is 5. The lowest BCUT2D eigenvalue weighted by molar-refractivity contribution is -0.150. The van der Waals surface area contributed by atoms with Crippen LogP contribution in [0.5, 0.6) is 0 Å². The summed E-state index contributed by atoms with van der Waals surface area (Å²) in [7, 11) is 0. The van der Waals surface area contributed by atoms with Crippen molar-refractivity contribution < 1.29 is 18.3 Å². The third-order valence-corrected chi connectivity index (χ3v) is 4.72. The van der Waals surface area contributed by atoms with Gasteiger partial charge in [-0.1, -0.05) is 0 Å². The Hall–Kier alpha value is -2.29. The summed E-state index contributed by atoms with van der Waals surface area (Å²) < 4.78 is 33.8. The van der Waals surface area contributed by atoms with E-state index in [2.05, 4.69) is 10.1 Å². The van der Waals surface area contributed by atoms with Gasteiger partial charge in [-0.2, -0.15) is 5.10 Å². The monoisotopic (exact) mass is 351 g/mol. The van der Waals surface area contributed by atoms with E-state index in [4.69, 9.17) is 4.74 Å². The second-order valence-corrected chi connectivity index (χ2v) is 6.41. The van der Waals surface area contributed by atoms with Crippen LogP contribution in [-0.2, 0) is 9.53 Å². The molecule has 2 fully saturated rings. The molecule has 0 aliphatic carbocycles. The first kappa shape index (κ1) is 16.2. The van der Waals surface area contributed by atoms with Crippen molar-refractivity contribution in [3.05, 3.63) is 24.5 Å². The molecular weight excluding hydrogens is 332 g/mol. The third kappa shape index (κ3) is 3.28. The highest BCUT2D eigenvalue weighted by atomic mass is 19.3. The van der Waals surface area contributed by atoms with Gasteiger partial charge in [-0.25, -0.2) is 18.3 Å². The Morgan fingerprint density at radius 2 is 2.04 bits per heavy atom. The molecule has 2 saturated heterocycles. The summed E-state index contributed by atoms with van der Waals surface area (Å²) in [5.74, 6) is -2.13. The lowest BCUT2D eigenvalue weighted by atomic mass is 10.1. The predicted molar refractivity (Wildman–Crippen MR) is 85.7 cm³/mol. The van der Waals surface area contributed by atoms with Crippen LogP contribution >= 0.6 is 0 Å². The highest BCUT2D eigenvalue weighted by molar-refractivity contribution is 5.82. The summed E-state index contributed by atoms with van der Waals surface area (Å²) in [5, 5.41) is 4.11. The summed E-state index contributed by atoms with van der Waals surface area (Å²) in [6.45, 7) is 1.53. The van der Waals surface area contributed by atoms with Crippen molar-refractivity contribution in [1.29, 1.82) is 0 Å². The number of ether oxygens (including phenoxy) is 1. The zero-order valence-corrected chi connectivity index (χ0v) is 13.6. The van der Waals surface area contributed by atoms with Crippen molar-refractivity contribution in [2.45, 2.75) is 24.9 Å². The first-order chi connectivity index (χ1) is 12.0. The molecule has 7 nitrogen and oxygen atoms in total. The van der Waals surface area contributed by atoms with Gasteiger partial charge in [0.2, 0.25) is 0 Å². The van der Waals surface area contributed by atoms with Crippen molar-refractivity contribution >= 4 is 17.4 Å². The Kier molecular flexibility index (Phi) is 4.03. The molecular formula is C16H19F2N5O2. The SMILES string of the molecule is O=C(C1CN(c2ccn3nccc3n2)CCO1)N1CCC(F)(F)CC1. The van der Waals surface area contributed by atoms with Crippen LogP contribution in [0.3, 0.4) is 0 Å². The maximum atomic E-state index is 13.3. The summed E-state index contributed by atoms with van der Waals surface area (Å²) in [6.07, 6.45) is 2.27. The van der Waals surface area contributed by atoms with Crippen molar-refractivity contribution in [3.63, 3.8) is 0 Å². The lowest BCUT2D eigenvalue weighted by Crippen LogP contribution is -2.53. The molecule has 0 spiro atoms. The molecule has 1 unspecified atom stereocenters. The number of anilines is 1. The quantitative estimate of drug-likeness (QED) is 0.813. The van der Waals surface area contributed by atoms with E-state index in [-0.39, 0.29) is 31.8 Å². The number of piperidine rings is 1. The number of carbonyl (C=O) groups excluding carboxylic acids is 1. The van der Waals surface area contributed by atoms with Gasteiger partial charge in [-0.15, -0.1) is 0 Å². The largest absolute Gasteiger partial charge is 0.365 e. The van der Waals surface area contributed by atoms with E-state index in [9.17, 15) is 13.6 Å². The van der Waals surface area contributed by atoms with Gasteiger partial charge >= 0.3 is 0 Å². The number of halogens is 2. The van der Waals surface area contributed by atoms with Crippen molar-refractivity contribution in [1.82, 2.24) is 19.5 Å². The normalized spacial score (nSPS) is 23.8. The van der Waals surface area contributed by atoms with E-state index in [1.165, 1.54) is 4.90 Å². The molecule has 1 atom stereocenters. The molecule has 4 rings (SSSR count). The number of aromatic nitrogens is 3. The molecule has 25 heavy (non-hydrogen) atoms. The molecule has 0 N–H and O–H groups in total. The van der Waals surface area contributed by atoms with E-state index in [0.717, 1.165) is 11.5 Å². The van der Waals surface area contributed by atoms with Gasteiger partial charge in [0.15, 0.2) is 11.8 Å². The van der Waals surface area contributed by atoms with Gasteiger partial charge in [-0.3, -0.25) is 4.79 Å². The number of rotatable bonds is 2. The molecule has 0 aromatic carbocycles. The van der Waals surface area contributed by atoms with Gasteiger partial charge < -0.3 is 14.5 Å². The number of carbonyl (C=O) groups is 1. The zero-order valence-electron chi connectivity index (χ0n) is 13.6. The first-order valence-corrected chi connectivity index (χ1v) is 8.35. The molecule has 2 aromatic rings. The van der Waals surface area contributed by atoms with E-state index in [0.29, 0.717) is 19.7 Å². The molecule has 2 aliphatic rings. The maximum absolute atomic E-state index is 13.3. The molecule has 9 heteroatoms. The van der Waals surface area contributed by atoms with Gasteiger partial charge in [0.1, 0.15) is 5.82 Å². The van der Waals surface area contributed by atoms with Crippen LogP contribution in [0.2, 0.25) is 0 Å². The Bertz CT molecular complexity index is 771. The minimum Gasteiger partial charge on any atom is -0.365 e. The molecule has 2 aliphatic heterocycles. The highest BCUT2D eigenvalue weighted by Crippen LogP contribution is 2.28. The summed E-state index contributed by atoms with van der Waals surface area (Å²) in [6, 6.07) is 3.65. The molecule has 0 bridgehead atoms. The topological polar surface area (TPSA) is 63.0 Å². The molecule has 0 radical (unpaired) electrons. The van der Waals surface area contributed by atoms with Crippen LogP contribution in [0.15, 0.2) is 24.5 Å². The van der Waals surface area contributed by atoms with Crippen molar-refractivity contribution in [2.24, 2.45) is 0 Å². The average Bonchev–Trinajstić information content (AvgIpc) is 3.09. The number of hydrogen-bond acceptors (Lipinski definition) is 5. The van der Waals surface area contributed by atoms with E-state index >= 15 is 0 Å². The average molecular weight is 351 g/mol. The number of amides is 1. The predicted octanol–water partition coefficient (Wildman–Crippen LogP) is 1.19. The molecule has 1 amide bonds. The fourth-order valence-corrected chi connectivity index (χ4v) is 3.24. The summed E-state index contributed by atoms with van der Waals surface area (Å²) in [4.78, 5) is 20.6. The zero-order chi connectivity index (χ0) is 17.4. The Balaban J connectivity index is 1.44. The van der Waals surface area contributed by atoms with E-state index < -0.39 is 12.0 Å². The Morgan fingerprint density at radius 1 is 1.24 bits per heavy atom. The fourth-order valence-electron chi connectivity index (χ4n) is 3.24. The number of fused-ring (bicyclic) bond motifs is 1. The summed E-state index contributed by atoms with van der Waals surface area (Å²) in [5.41, 5.74) is 0.727. The smallest absolute Gasteiger partial charge is 0.253 e. The number of alkyl halides is 2. The van der Waals surface area contributed by atoms with Gasteiger partial charge in [0.25, 0.3) is 11.8 Å². The number of likely N-dealkylation sites (tertiary alicyclic amines) is 1. The van der Waals surface area contributed by atoms with Gasteiger partial charge in [-0.05, 0) is 6.07 Å². The summed E-state index contributed by atoms with van der Waals surface area (Å²) >= 11 is 0. The molecule has 134 valence electrons. The lowest BCUT2D eigenvalue weighted by Gasteiger charge is -2.38. The minimum atomic E-state index is -2.67. The van der Waals surface area contributed by atoms with Crippen molar-refractivity contribution in [3.8, 4) is 0 Å². The molecule has 2 aromatic heterocycles. The second-order valence-electron chi connectivity index (χ2n) is 6.41. The molecule has 0 saturated carbocycles. The Morgan fingerprint density at radius 3 is 2.84 bits per heavy atom. The van der Waals surface area contributed by atoms with Crippen molar-refractivity contribution in [2.75, 3.05) is 37.7 Å². The minimum absolute atomic E-state index is 0.0751. The third-order valence-electron chi connectivity index (χ3n) is 4.72. The van der Waals surface area contributed by atoms with Gasteiger partial charge in [0, 0.05) is 44.7 Å². The van der Waals surface area contributed by atoms with Crippen LogP contribution in [0.1, 0.15) is 12.8 Å². The van der Waals surface area contributed by atoms with Crippen LogP contribution in [0.25, 0.3) is 5.65 Å². The van der Waals surface area contributed by atoms with Crippen LogP contribution < -0.4 is 4.90 Å². The van der Waals surface area contributed by atoms with E-state index in [1.807, 2.05) is 17.2 Å². The second kappa shape index (κ2) is 6.21. The van der Waals surface area contributed by atoms with Crippen LogP contribution in [0.4, 0.5) is 14.6 Å². The first-order valence-electron chi connectivity index (χ1n) is 8.35. The highest BCUT2D eigenvalue weighted by Gasteiger charge is 2.38. The van der Waals surface area contributed by atoms with Crippen LogP contribution in [-0.4, -0.2) is 70.2 Å². The van der Waals surface area contributed by atoms with Crippen LogP contribution in [0, 0.1) is 0 Å². The fraction of sp³-hybridized carbons (Fsp3) is 0.562.